The molecule has 6 rings (SSSR count). The average molecular weight is 444 g/mol. The summed E-state index contributed by atoms with van der Waals surface area (Å²) in [6.45, 7) is 1.52. The van der Waals surface area contributed by atoms with Gasteiger partial charge in [0.15, 0.2) is 17.3 Å². The molecule has 2 N–H and O–H groups in total. The van der Waals surface area contributed by atoms with Gasteiger partial charge in [-0.05, 0) is 12.8 Å². The van der Waals surface area contributed by atoms with Gasteiger partial charge in [0, 0.05) is 30.2 Å². The Morgan fingerprint density at radius 2 is 2.10 bits per heavy atom. The topological polar surface area (TPSA) is 91.2 Å². The van der Waals surface area contributed by atoms with Crippen molar-refractivity contribution in [2.45, 2.75) is 19.0 Å². The molecule has 4 aromatic rings. The number of anilines is 2. The van der Waals surface area contributed by atoms with Crippen LogP contribution in [0.1, 0.15) is 12.8 Å². The number of hydrogen-bond acceptors (Lipinski definition) is 5. The highest BCUT2D eigenvalue weighted by Gasteiger charge is 2.43. The van der Waals surface area contributed by atoms with Gasteiger partial charge < -0.3 is 14.6 Å². The predicted molar refractivity (Wildman–Crippen MR) is 112 cm³/mol. The van der Waals surface area contributed by atoms with Crippen LogP contribution in [-0.2, 0) is 4.79 Å². The van der Waals surface area contributed by atoms with Crippen LogP contribution in [0.25, 0.3) is 27.8 Å². The van der Waals surface area contributed by atoms with Gasteiger partial charge in [0.1, 0.15) is 11.9 Å². The van der Waals surface area contributed by atoms with Crippen LogP contribution in [0, 0.1) is 11.7 Å². The molecule has 2 aliphatic rings. The summed E-state index contributed by atoms with van der Waals surface area (Å²) in [6.07, 6.45) is 6.51. The molecule has 1 saturated carbocycles. The molecule has 1 saturated heterocycles. The van der Waals surface area contributed by atoms with Crippen LogP contribution in [0.2, 0.25) is 5.02 Å². The summed E-state index contributed by atoms with van der Waals surface area (Å²) in [5, 5.41) is 10.2. The second-order valence-corrected chi connectivity index (χ2v) is 8.24. The quantitative estimate of drug-likeness (QED) is 0.503. The van der Waals surface area contributed by atoms with Crippen LogP contribution in [0.4, 0.5) is 20.3 Å². The van der Waals surface area contributed by atoms with Gasteiger partial charge in [-0.3, -0.25) is 14.9 Å². The fourth-order valence-corrected chi connectivity index (χ4v) is 4.22. The molecule has 0 spiro atoms. The van der Waals surface area contributed by atoms with Gasteiger partial charge in [-0.15, -0.1) is 0 Å². The standard InChI is InChI=1S/C20H16ClF2N7O/c21-16-15(10-5-25-28-18(10)19(17(16)23)29-2-1-3-29)12-7-30-8-13(26-14(30)6-24-12)27-20(31)9-4-11(9)22/h5-9,11H,1-4H2,(H,25,28)(H,27,31). The van der Waals surface area contributed by atoms with E-state index in [4.69, 9.17) is 11.6 Å². The molecule has 8 nitrogen and oxygen atoms in total. The van der Waals surface area contributed by atoms with E-state index in [0.717, 1.165) is 19.5 Å². The van der Waals surface area contributed by atoms with E-state index in [0.29, 0.717) is 39.3 Å². The molecule has 158 valence electrons. The maximum Gasteiger partial charge on any atom is 0.231 e. The minimum Gasteiger partial charge on any atom is -0.367 e. The summed E-state index contributed by atoms with van der Waals surface area (Å²) in [5.41, 5.74) is 2.32. The van der Waals surface area contributed by atoms with Gasteiger partial charge in [-0.1, -0.05) is 11.6 Å². The molecule has 2 atom stereocenters. The van der Waals surface area contributed by atoms with E-state index in [-0.39, 0.29) is 11.4 Å². The van der Waals surface area contributed by atoms with E-state index in [1.807, 2.05) is 4.90 Å². The monoisotopic (exact) mass is 443 g/mol. The zero-order chi connectivity index (χ0) is 21.3. The van der Waals surface area contributed by atoms with Crippen LogP contribution < -0.4 is 10.2 Å². The first-order valence-electron chi connectivity index (χ1n) is 9.90. The van der Waals surface area contributed by atoms with Crippen molar-refractivity contribution >= 4 is 45.6 Å². The number of hydrogen-bond donors (Lipinski definition) is 2. The number of aromatic amines is 1. The molecule has 2 fully saturated rings. The summed E-state index contributed by atoms with van der Waals surface area (Å²) in [6, 6.07) is 0. The first kappa shape index (κ1) is 18.5. The largest absolute Gasteiger partial charge is 0.367 e. The van der Waals surface area contributed by atoms with Crippen molar-refractivity contribution in [2.75, 3.05) is 23.3 Å². The molecule has 4 heterocycles. The normalized spacial score (nSPS) is 20.3. The summed E-state index contributed by atoms with van der Waals surface area (Å²) in [5.74, 6) is -1.23. The lowest BCUT2D eigenvalue weighted by Crippen LogP contribution is -2.37. The second kappa shape index (κ2) is 6.61. The van der Waals surface area contributed by atoms with Crippen LogP contribution >= 0.6 is 11.6 Å². The van der Waals surface area contributed by atoms with E-state index in [1.54, 1.807) is 23.0 Å². The summed E-state index contributed by atoms with van der Waals surface area (Å²) in [4.78, 5) is 22.6. The second-order valence-electron chi connectivity index (χ2n) is 7.86. The Morgan fingerprint density at radius 3 is 2.81 bits per heavy atom. The third-order valence-corrected chi connectivity index (χ3v) is 6.19. The fourth-order valence-electron chi connectivity index (χ4n) is 3.93. The smallest absolute Gasteiger partial charge is 0.231 e. The Labute approximate surface area is 179 Å². The number of halogens is 3. The number of amides is 1. The number of imidazole rings is 1. The SMILES string of the molecule is O=C(Nc1cn2cc(-c3c(Cl)c(F)c(N4CCC4)c4[nH]ncc34)ncc2n1)C1CC1F. The van der Waals surface area contributed by atoms with E-state index in [2.05, 4.69) is 25.5 Å². The number of fused-ring (bicyclic) bond motifs is 2. The molecule has 3 aromatic heterocycles. The Morgan fingerprint density at radius 1 is 1.29 bits per heavy atom. The number of alkyl halides is 1. The maximum absolute atomic E-state index is 15.3. The molecule has 31 heavy (non-hydrogen) atoms. The highest BCUT2D eigenvalue weighted by atomic mass is 35.5. The van der Waals surface area contributed by atoms with Crippen LogP contribution in [0.5, 0.6) is 0 Å². The third-order valence-electron chi connectivity index (χ3n) is 5.84. The predicted octanol–water partition coefficient (Wildman–Crippen LogP) is 3.57. The van der Waals surface area contributed by atoms with E-state index in [9.17, 15) is 9.18 Å². The molecule has 1 aliphatic heterocycles. The number of nitrogens with one attached hydrogen (secondary N) is 2. The maximum atomic E-state index is 15.3. The first-order valence-corrected chi connectivity index (χ1v) is 10.3. The van der Waals surface area contributed by atoms with Gasteiger partial charge in [-0.25, -0.2) is 13.8 Å². The lowest BCUT2D eigenvalue weighted by atomic mass is 10.0. The van der Waals surface area contributed by atoms with E-state index in [1.165, 1.54) is 6.20 Å². The number of benzene rings is 1. The average Bonchev–Trinajstić information content (AvgIpc) is 3.09. The Hall–Kier alpha value is -3.27. The first-order chi connectivity index (χ1) is 15.0. The number of nitrogens with zero attached hydrogens (tertiary/aromatic N) is 5. The van der Waals surface area contributed by atoms with Crippen molar-refractivity contribution in [1.82, 2.24) is 24.6 Å². The number of carbonyl (C=O) groups excluding carboxylic acids is 1. The van der Waals surface area contributed by atoms with Crippen LogP contribution in [0.3, 0.4) is 0 Å². The summed E-state index contributed by atoms with van der Waals surface area (Å²) < 4.78 is 30.0. The van der Waals surface area contributed by atoms with Crippen molar-refractivity contribution < 1.29 is 13.6 Å². The number of aromatic nitrogens is 5. The van der Waals surface area contributed by atoms with Gasteiger partial charge in [0.05, 0.1) is 40.7 Å². The van der Waals surface area contributed by atoms with Gasteiger partial charge in [-0.2, -0.15) is 5.10 Å². The summed E-state index contributed by atoms with van der Waals surface area (Å²) >= 11 is 6.47. The Kier molecular flexibility index (Phi) is 3.95. The lowest BCUT2D eigenvalue weighted by Gasteiger charge is -2.34. The van der Waals surface area contributed by atoms with Crippen molar-refractivity contribution in [3.05, 3.63) is 35.6 Å². The lowest BCUT2D eigenvalue weighted by molar-refractivity contribution is -0.117. The minimum absolute atomic E-state index is 0.0287. The zero-order valence-electron chi connectivity index (χ0n) is 16.1. The molecule has 0 bridgehead atoms. The van der Waals surface area contributed by atoms with Gasteiger partial charge in [0.2, 0.25) is 5.91 Å². The number of rotatable bonds is 4. The highest BCUT2D eigenvalue weighted by Crippen LogP contribution is 2.43. The molecule has 0 radical (unpaired) electrons. The molecule has 2 unspecified atom stereocenters. The van der Waals surface area contributed by atoms with Crippen molar-refractivity contribution in [3.63, 3.8) is 0 Å². The van der Waals surface area contributed by atoms with Crippen LogP contribution in [0.15, 0.2) is 24.8 Å². The Bertz CT molecular complexity index is 1360. The van der Waals surface area contributed by atoms with Gasteiger partial charge >= 0.3 is 0 Å². The fraction of sp³-hybridized carbons (Fsp3) is 0.300. The van der Waals surface area contributed by atoms with Crippen molar-refractivity contribution in [1.29, 1.82) is 0 Å². The minimum atomic E-state index is -1.08. The summed E-state index contributed by atoms with van der Waals surface area (Å²) in [7, 11) is 0. The van der Waals surface area contributed by atoms with E-state index < -0.39 is 23.8 Å². The number of H-pyrrole nitrogens is 1. The molecule has 11 heteroatoms. The number of carbonyl (C=O) groups is 1. The van der Waals surface area contributed by atoms with Crippen molar-refractivity contribution in [2.24, 2.45) is 5.92 Å². The van der Waals surface area contributed by atoms with Crippen LogP contribution in [-0.4, -0.2) is 49.7 Å². The Balaban J connectivity index is 1.42. The molecular formula is C20H16ClF2N7O. The van der Waals surface area contributed by atoms with Gasteiger partial charge in [0.25, 0.3) is 0 Å². The molecule has 1 aromatic carbocycles. The third kappa shape index (κ3) is 2.85. The molecular weight excluding hydrogens is 428 g/mol. The van der Waals surface area contributed by atoms with E-state index >= 15 is 4.39 Å². The van der Waals surface area contributed by atoms with Crippen molar-refractivity contribution in [3.8, 4) is 11.3 Å². The highest BCUT2D eigenvalue weighted by molar-refractivity contribution is 6.36. The zero-order valence-corrected chi connectivity index (χ0v) is 16.8. The molecule has 1 aliphatic carbocycles. The molecule has 1 amide bonds.